The number of piperazine rings is 1. The summed E-state index contributed by atoms with van der Waals surface area (Å²) in [6.45, 7) is 6.75. The van der Waals surface area contributed by atoms with E-state index in [1.807, 2.05) is 33.0 Å². The molecule has 1 aliphatic carbocycles. The molecule has 10 heteroatoms. The summed E-state index contributed by atoms with van der Waals surface area (Å²) in [5, 5.41) is 16.2. The van der Waals surface area contributed by atoms with Crippen molar-refractivity contribution in [3.05, 3.63) is 41.6 Å². The third kappa shape index (κ3) is 3.69. The zero-order valence-electron chi connectivity index (χ0n) is 24.1. The van der Waals surface area contributed by atoms with Crippen LogP contribution in [-0.2, 0) is 25.5 Å². The van der Waals surface area contributed by atoms with Crippen molar-refractivity contribution in [2.24, 2.45) is 11.8 Å². The van der Waals surface area contributed by atoms with Crippen molar-refractivity contribution in [2.45, 2.75) is 82.6 Å². The van der Waals surface area contributed by atoms with Crippen LogP contribution in [-0.4, -0.2) is 92.4 Å². The number of H-pyrrole nitrogens is 1. The minimum atomic E-state index is -1.99. The number of aliphatic hydroxyl groups is 1. The number of carbonyl (C=O) groups excluding carboxylic acids is 3. The highest BCUT2D eigenvalue weighted by Gasteiger charge is 2.70. The normalized spacial score (nSPS) is 34.6. The van der Waals surface area contributed by atoms with Gasteiger partial charge in [-0.2, -0.15) is 0 Å². The van der Waals surface area contributed by atoms with Gasteiger partial charge in [0.25, 0.3) is 11.8 Å². The van der Waals surface area contributed by atoms with Crippen LogP contribution in [0.5, 0.6) is 0 Å². The fourth-order valence-corrected chi connectivity index (χ4v) is 7.96. The predicted molar refractivity (Wildman–Crippen MR) is 152 cm³/mol. The van der Waals surface area contributed by atoms with Gasteiger partial charge in [0.15, 0.2) is 0 Å². The highest BCUT2D eigenvalue weighted by molar-refractivity contribution is 6.01. The molecule has 5 aliphatic rings. The van der Waals surface area contributed by atoms with E-state index in [1.54, 1.807) is 11.8 Å². The number of carbonyl (C=O) groups is 3. The van der Waals surface area contributed by atoms with E-state index in [0.29, 0.717) is 25.9 Å². The van der Waals surface area contributed by atoms with Gasteiger partial charge in [-0.3, -0.25) is 28.9 Å². The molecule has 6 atom stereocenters. The molecule has 0 unspecified atom stereocenters. The summed E-state index contributed by atoms with van der Waals surface area (Å²) in [6, 6.07) is 4.86. The molecule has 3 amide bonds. The molecule has 0 saturated carbocycles. The third-order valence-electron chi connectivity index (χ3n) is 9.92. The number of nitrogens with one attached hydrogen (secondary N) is 2. The number of hydrogen-bond acceptors (Lipinski definition) is 6. The van der Waals surface area contributed by atoms with Crippen LogP contribution in [0.15, 0.2) is 30.5 Å². The molecular weight excluding hydrogens is 522 g/mol. The molecule has 1 aromatic carbocycles. The first kappa shape index (κ1) is 26.7. The number of nitrogens with zero attached hydrogens (tertiary/aromatic N) is 3. The molecule has 10 nitrogen and oxygen atoms in total. The van der Waals surface area contributed by atoms with Crippen LogP contribution in [0.4, 0.5) is 0 Å². The second-order valence-corrected chi connectivity index (χ2v) is 12.9. The van der Waals surface area contributed by atoms with Gasteiger partial charge in [0.05, 0.1) is 5.92 Å². The van der Waals surface area contributed by atoms with E-state index in [2.05, 4.69) is 33.5 Å². The van der Waals surface area contributed by atoms with Crippen molar-refractivity contribution in [3.8, 4) is 0 Å². The zero-order chi connectivity index (χ0) is 28.8. The summed E-state index contributed by atoms with van der Waals surface area (Å²) in [7, 11) is 2.03. The van der Waals surface area contributed by atoms with Crippen molar-refractivity contribution in [2.75, 3.05) is 20.1 Å². The maximum absolute atomic E-state index is 14.2. The number of rotatable bonds is 5. The summed E-state index contributed by atoms with van der Waals surface area (Å²) in [5.41, 5.74) is 2.84. The molecule has 3 saturated heterocycles. The number of likely N-dealkylation sites (N-methyl/N-ethyl adjacent to an activating group) is 1. The lowest BCUT2D eigenvalue weighted by Crippen LogP contribution is -2.71. The second-order valence-electron chi connectivity index (χ2n) is 12.9. The molecule has 1 aromatic heterocycles. The van der Waals surface area contributed by atoms with E-state index in [4.69, 9.17) is 4.74 Å². The molecule has 218 valence electrons. The van der Waals surface area contributed by atoms with Gasteiger partial charge in [0, 0.05) is 42.7 Å². The fraction of sp³-hybridized carbons (Fsp3) is 0.581. The lowest BCUT2D eigenvalue weighted by molar-refractivity contribution is -0.318. The van der Waals surface area contributed by atoms with Crippen LogP contribution in [0.25, 0.3) is 16.5 Å². The topological polar surface area (TPSA) is 118 Å². The Morgan fingerprint density at radius 3 is 2.85 bits per heavy atom. The maximum atomic E-state index is 14.2. The van der Waals surface area contributed by atoms with Crippen molar-refractivity contribution in [3.63, 3.8) is 0 Å². The van der Waals surface area contributed by atoms with Crippen molar-refractivity contribution in [1.82, 2.24) is 25.0 Å². The van der Waals surface area contributed by atoms with Crippen LogP contribution in [0.1, 0.15) is 57.6 Å². The number of hydrogen-bond donors (Lipinski definition) is 3. The Morgan fingerprint density at radius 1 is 1.29 bits per heavy atom. The highest BCUT2D eigenvalue weighted by atomic mass is 16.7. The first-order valence-corrected chi connectivity index (χ1v) is 15.0. The third-order valence-corrected chi connectivity index (χ3v) is 9.92. The number of aromatic amines is 1. The van der Waals surface area contributed by atoms with Gasteiger partial charge >= 0.3 is 0 Å². The van der Waals surface area contributed by atoms with Gasteiger partial charge in [-0.25, -0.2) is 0 Å². The number of benzene rings is 1. The van der Waals surface area contributed by atoms with Crippen molar-refractivity contribution < 1.29 is 24.2 Å². The van der Waals surface area contributed by atoms with Gasteiger partial charge in [0.1, 0.15) is 12.1 Å². The minimum absolute atomic E-state index is 0.115. The van der Waals surface area contributed by atoms with E-state index >= 15 is 0 Å². The molecule has 4 aliphatic heterocycles. The maximum Gasteiger partial charge on any atom is 0.280 e. The number of aromatic nitrogens is 1. The fourth-order valence-electron chi connectivity index (χ4n) is 7.96. The lowest BCUT2D eigenvalue weighted by Gasteiger charge is -2.49. The van der Waals surface area contributed by atoms with E-state index in [1.165, 1.54) is 15.8 Å². The Morgan fingerprint density at radius 2 is 2.10 bits per heavy atom. The summed E-state index contributed by atoms with van der Waals surface area (Å²) >= 11 is 0. The van der Waals surface area contributed by atoms with Gasteiger partial charge in [-0.15, -0.1) is 0 Å². The Labute approximate surface area is 239 Å². The molecule has 41 heavy (non-hydrogen) atoms. The van der Waals surface area contributed by atoms with Crippen LogP contribution in [0.2, 0.25) is 0 Å². The first-order valence-electron chi connectivity index (χ1n) is 15.0. The molecule has 3 N–H and O–H groups in total. The number of amides is 3. The largest absolute Gasteiger partial charge is 0.361 e. The van der Waals surface area contributed by atoms with Gasteiger partial charge < -0.3 is 20.3 Å². The Balaban J connectivity index is 1.22. The summed E-state index contributed by atoms with van der Waals surface area (Å²) < 4.78 is 6.32. The monoisotopic (exact) mass is 561 g/mol. The SMILES string of the molecule is CC[C@@]1(NC(=O)[C@@H]2C=C3c4cccc5[nH]cc(c45)C[C@H]3N(C)C2)O[C@@]2(O)[C@@H]3CCCN3C(=O)[C@H](CC(C)C)N2C1=O. The van der Waals surface area contributed by atoms with E-state index in [9.17, 15) is 19.5 Å². The Hall–Kier alpha value is -3.21. The summed E-state index contributed by atoms with van der Waals surface area (Å²) in [6.07, 6.45) is 6.76. The van der Waals surface area contributed by atoms with Crippen molar-refractivity contribution in [1.29, 1.82) is 0 Å². The molecule has 3 fully saturated rings. The average molecular weight is 562 g/mol. The number of fused-ring (bicyclic) bond motifs is 5. The lowest BCUT2D eigenvalue weighted by atomic mass is 9.79. The van der Waals surface area contributed by atoms with E-state index < -0.39 is 35.5 Å². The second kappa shape index (κ2) is 9.14. The van der Waals surface area contributed by atoms with E-state index in [0.717, 1.165) is 29.5 Å². The van der Waals surface area contributed by atoms with Crippen LogP contribution in [0.3, 0.4) is 0 Å². The summed E-state index contributed by atoms with van der Waals surface area (Å²) in [4.78, 5) is 50.2. The highest BCUT2D eigenvalue weighted by Crippen LogP contribution is 2.47. The Kier molecular flexibility index (Phi) is 5.95. The van der Waals surface area contributed by atoms with Gasteiger partial charge in [-0.1, -0.05) is 39.0 Å². The molecule has 0 bridgehead atoms. The standard InChI is InChI=1S/C31H39N5O5/c1-5-30(29(39)36-24(12-17(2)3)28(38)35-11-7-10-25(35)31(36,40)41-30)33-27(37)19-13-21-20-8-6-9-22-26(20)18(15-32-22)14-23(21)34(4)16-19/h6,8-9,13,15,17,19,23-25,32,40H,5,7,10-12,14,16H2,1-4H3,(H,33,37)/t19-,23-,24+,25+,30-,31+/m1/s1. The summed E-state index contributed by atoms with van der Waals surface area (Å²) in [5.74, 6) is -3.42. The molecular formula is C31H39N5O5. The smallest absolute Gasteiger partial charge is 0.280 e. The van der Waals surface area contributed by atoms with Crippen LogP contribution in [0, 0.1) is 11.8 Å². The molecule has 0 radical (unpaired) electrons. The zero-order valence-corrected chi connectivity index (χ0v) is 24.1. The quantitative estimate of drug-likeness (QED) is 0.515. The predicted octanol–water partition coefficient (Wildman–Crippen LogP) is 2.18. The van der Waals surface area contributed by atoms with Gasteiger partial charge in [0.2, 0.25) is 17.5 Å². The average Bonchev–Trinajstić information content (AvgIpc) is 3.65. The first-order chi connectivity index (χ1) is 19.6. The molecule has 2 aromatic rings. The van der Waals surface area contributed by atoms with E-state index in [-0.39, 0.29) is 30.2 Å². The van der Waals surface area contributed by atoms with Crippen LogP contribution < -0.4 is 5.32 Å². The molecule has 5 heterocycles. The van der Waals surface area contributed by atoms with Gasteiger partial charge in [-0.05, 0) is 61.4 Å². The number of ether oxygens (including phenoxy) is 1. The molecule has 0 spiro atoms. The minimum Gasteiger partial charge on any atom is -0.361 e. The van der Waals surface area contributed by atoms with Crippen molar-refractivity contribution >= 4 is 34.2 Å². The molecule has 7 rings (SSSR count). The Bertz CT molecular complexity index is 1480. The van der Waals surface area contributed by atoms with Crippen LogP contribution >= 0.6 is 0 Å².